The fourth-order valence-corrected chi connectivity index (χ4v) is 1.65. The van der Waals surface area contributed by atoms with Crippen molar-refractivity contribution in [2.75, 3.05) is 6.61 Å². The highest BCUT2D eigenvalue weighted by molar-refractivity contribution is 7.89. The monoisotopic (exact) mass is 293 g/mol. The number of benzene rings is 1. The molecule has 0 atom stereocenters. The highest BCUT2D eigenvalue weighted by atomic mass is 32.2. The van der Waals surface area contributed by atoms with Gasteiger partial charge in [-0.3, -0.25) is 0 Å². The van der Waals surface area contributed by atoms with E-state index < -0.39 is 28.1 Å². The second-order valence-corrected chi connectivity index (χ2v) is 5.13. The molecule has 0 fully saturated rings. The maximum atomic E-state index is 13.3. The largest absolute Gasteiger partial charge is 0.384 e. The van der Waals surface area contributed by atoms with Crippen LogP contribution in [0.4, 0.5) is 13.2 Å². The Balaban J connectivity index is 2.89. The molecule has 8 heteroatoms. The van der Waals surface area contributed by atoms with E-state index in [-0.39, 0.29) is 12.2 Å². The molecule has 104 valence electrons. The maximum absolute atomic E-state index is 13.3. The van der Waals surface area contributed by atoms with Crippen molar-refractivity contribution in [3.8, 4) is 11.8 Å². The lowest BCUT2D eigenvalue weighted by molar-refractivity contribution is 0.232. The van der Waals surface area contributed by atoms with Crippen LogP contribution in [0.25, 0.3) is 0 Å². The van der Waals surface area contributed by atoms with Crippen molar-refractivity contribution in [3.05, 3.63) is 35.1 Å². The topological polar surface area (TPSA) is 66.4 Å². The number of halogens is 3. The molecule has 0 heterocycles. The number of nitrogens with one attached hydrogen (secondary N) is 1. The van der Waals surface area contributed by atoms with Crippen LogP contribution in [-0.4, -0.2) is 25.9 Å². The van der Waals surface area contributed by atoms with Gasteiger partial charge in [0.15, 0.2) is 0 Å². The molecule has 0 bridgehead atoms. The van der Waals surface area contributed by atoms with Crippen molar-refractivity contribution < 1.29 is 26.7 Å². The Morgan fingerprint density at radius 2 is 2.05 bits per heavy atom. The molecule has 0 amide bonds. The molecule has 0 aliphatic heterocycles. The molecule has 0 unspecified atom stereocenters. The Morgan fingerprint density at radius 1 is 1.37 bits per heavy atom. The zero-order chi connectivity index (χ0) is 14.5. The van der Waals surface area contributed by atoms with Gasteiger partial charge in [0.05, 0.1) is 0 Å². The Labute approximate surface area is 108 Å². The van der Waals surface area contributed by atoms with Crippen molar-refractivity contribution >= 4 is 10.0 Å². The minimum absolute atomic E-state index is 0.117. The molecule has 0 aromatic heterocycles. The highest BCUT2D eigenvalue weighted by Gasteiger charge is 2.23. The highest BCUT2D eigenvalue weighted by Crippen LogP contribution is 2.11. The Bertz CT molecular complexity index is 605. The number of hydrogen-bond donors (Lipinski definition) is 2. The van der Waals surface area contributed by atoms with Crippen LogP contribution in [0.1, 0.15) is 11.1 Å². The van der Waals surface area contributed by atoms with Gasteiger partial charge in [-0.15, -0.1) is 0 Å². The first-order chi connectivity index (χ1) is 8.86. The van der Waals surface area contributed by atoms with Crippen molar-refractivity contribution in [2.45, 2.75) is 12.3 Å². The van der Waals surface area contributed by atoms with Crippen LogP contribution in [0.15, 0.2) is 18.2 Å². The predicted octanol–water partition coefficient (Wildman–Crippen LogP) is 0.811. The van der Waals surface area contributed by atoms with E-state index in [1.807, 2.05) is 0 Å². The molecule has 4 nitrogen and oxygen atoms in total. The molecule has 0 aliphatic carbocycles. The summed E-state index contributed by atoms with van der Waals surface area (Å²) in [6, 6.07) is 3.57. The summed E-state index contributed by atoms with van der Waals surface area (Å²) in [5, 5.41) is 8.50. The summed E-state index contributed by atoms with van der Waals surface area (Å²) in [4.78, 5) is 0. The third-order valence-corrected chi connectivity index (χ3v) is 3.07. The molecule has 0 saturated carbocycles. The van der Waals surface area contributed by atoms with Crippen molar-refractivity contribution in [2.24, 2.45) is 0 Å². The molecule has 0 aliphatic rings. The second-order valence-electron chi connectivity index (χ2n) is 3.39. The second kappa shape index (κ2) is 6.56. The molecular weight excluding hydrogens is 283 g/mol. The number of hydrogen-bond acceptors (Lipinski definition) is 3. The zero-order valence-corrected chi connectivity index (χ0v) is 10.3. The fourth-order valence-electron chi connectivity index (χ4n) is 1.17. The zero-order valence-electron chi connectivity index (χ0n) is 9.53. The van der Waals surface area contributed by atoms with Crippen molar-refractivity contribution in [1.29, 1.82) is 0 Å². The van der Waals surface area contributed by atoms with Gasteiger partial charge in [-0.2, -0.15) is 8.78 Å². The van der Waals surface area contributed by atoms with E-state index in [4.69, 9.17) is 5.11 Å². The van der Waals surface area contributed by atoms with E-state index in [0.717, 1.165) is 6.07 Å². The molecule has 19 heavy (non-hydrogen) atoms. The van der Waals surface area contributed by atoms with Crippen LogP contribution in [0.3, 0.4) is 0 Å². The fraction of sp³-hybridized carbons (Fsp3) is 0.273. The van der Waals surface area contributed by atoms with Gasteiger partial charge in [0.25, 0.3) is 10.0 Å². The standard InChI is InChI=1S/C11H10F3NO3S/c12-10-4-3-8(2-1-5-16)6-9(10)7-15-19(17,18)11(13)14/h3-4,6,11,15-16H,5,7H2. The lowest BCUT2D eigenvalue weighted by atomic mass is 10.1. The van der Waals surface area contributed by atoms with E-state index in [1.165, 1.54) is 12.1 Å². The number of rotatable bonds is 4. The third kappa shape index (κ3) is 4.55. The number of sulfonamides is 1. The van der Waals surface area contributed by atoms with Crippen molar-refractivity contribution in [3.63, 3.8) is 0 Å². The van der Waals surface area contributed by atoms with Crippen LogP contribution >= 0.6 is 0 Å². The van der Waals surface area contributed by atoms with Gasteiger partial charge in [0, 0.05) is 17.7 Å². The van der Waals surface area contributed by atoms with E-state index in [0.29, 0.717) is 5.56 Å². The van der Waals surface area contributed by atoms with Crippen LogP contribution in [-0.2, 0) is 16.6 Å². The van der Waals surface area contributed by atoms with E-state index in [1.54, 1.807) is 4.72 Å². The predicted molar refractivity (Wildman–Crippen MR) is 62.1 cm³/mol. The minimum Gasteiger partial charge on any atom is -0.384 e. The third-order valence-electron chi connectivity index (χ3n) is 2.06. The van der Waals surface area contributed by atoms with Gasteiger partial charge < -0.3 is 5.11 Å². The van der Waals surface area contributed by atoms with Gasteiger partial charge in [0.1, 0.15) is 12.4 Å². The van der Waals surface area contributed by atoms with Gasteiger partial charge in [-0.05, 0) is 18.2 Å². The summed E-state index contributed by atoms with van der Waals surface area (Å²) in [6.45, 7) is -0.988. The Hall–Kier alpha value is -1.56. The van der Waals surface area contributed by atoms with Gasteiger partial charge >= 0.3 is 5.76 Å². The summed E-state index contributed by atoms with van der Waals surface area (Å²) in [7, 11) is -4.77. The SMILES string of the molecule is O=S(=O)(NCc1cc(C#CCO)ccc1F)C(F)F. The van der Waals surface area contributed by atoms with Crippen molar-refractivity contribution in [1.82, 2.24) is 4.72 Å². The maximum Gasteiger partial charge on any atom is 0.350 e. The molecule has 0 saturated heterocycles. The van der Waals surface area contributed by atoms with Crippen LogP contribution in [0.5, 0.6) is 0 Å². The van der Waals surface area contributed by atoms with E-state index in [2.05, 4.69) is 11.8 Å². The Morgan fingerprint density at radius 3 is 2.63 bits per heavy atom. The van der Waals surface area contributed by atoms with Crippen LogP contribution in [0, 0.1) is 17.7 Å². The molecular formula is C11H10F3NO3S. The average Bonchev–Trinajstić information content (AvgIpc) is 2.36. The lowest BCUT2D eigenvalue weighted by Gasteiger charge is -2.07. The smallest absolute Gasteiger partial charge is 0.350 e. The van der Waals surface area contributed by atoms with E-state index in [9.17, 15) is 21.6 Å². The molecule has 0 radical (unpaired) electrons. The molecule has 0 spiro atoms. The van der Waals surface area contributed by atoms with Gasteiger partial charge in [-0.25, -0.2) is 17.5 Å². The summed E-state index contributed by atoms with van der Waals surface area (Å²) in [5.41, 5.74) is 0.218. The summed E-state index contributed by atoms with van der Waals surface area (Å²) in [5.74, 6) is 0.496. The number of alkyl halides is 2. The summed E-state index contributed by atoms with van der Waals surface area (Å²) >= 11 is 0. The van der Waals surface area contributed by atoms with Gasteiger partial charge in [-0.1, -0.05) is 11.8 Å². The average molecular weight is 293 g/mol. The summed E-state index contributed by atoms with van der Waals surface area (Å²) < 4.78 is 60.7. The van der Waals surface area contributed by atoms with Gasteiger partial charge in [0.2, 0.25) is 0 Å². The molecule has 1 aromatic carbocycles. The first kappa shape index (κ1) is 15.5. The van der Waals surface area contributed by atoms with Crippen LogP contribution < -0.4 is 4.72 Å². The lowest BCUT2D eigenvalue weighted by Crippen LogP contribution is -2.29. The number of aliphatic hydroxyl groups excluding tert-OH is 1. The minimum atomic E-state index is -4.77. The van der Waals surface area contributed by atoms with Crippen LogP contribution in [0.2, 0.25) is 0 Å². The molecule has 1 aromatic rings. The first-order valence-corrected chi connectivity index (χ1v) is 6.56. The normalized spacial score (nSPS) is 11.2. The Kier molecular flexibility index (Phi) is 5.35. The van der Waals surface area contributed by atoms with E-state index >= 15 is 0 Å². The summed E-state index contributed by atoms with van der Waals surface area (Å²) in [6.07, 6.45) is 0. The first-order valence-electron chi connectivity index (χ1n) is 5.01. The number of aliphatic hydroxyl groups is 1. The molecule has 1 rings (SSSR count). The molecule has 2 N–H and O–H groups in total. The quantitative estimate of drug-likeness (QED) is 0.807.